The van der Waals surface area contributed by atoms with Gasteiger partial charge in [-0.15, -0.1) is 0 Å². The third-order valence-electron chi connectivity index (χ3n) is 9.35. The van der Waals surface area contributed by atoms with Crippen molar-refractivity contribution in [2.75, 3.05) is 5.75 Å². The van der Waals surface area contributed by atoms with Crippen LogP contribution in [0.4, 0.5) is 0 Å². The molecule has 1 heterocycles. The van der Waals surface area contributed by atoms with Gasteiger partial charge in [0.2, 0.25) is 5.12 Å². The Hall–Kier alpha value is -4.73. The normalized spacial score (nSPS) is 14.3. The fourth-order valence-electron chi connectivity index (χ4n) is 6.46. The molecule has 1 amide bonds. The van der Waals surface area contributed by atoms with E-state index in [9.17, 15) is 19.5 Å². The topological polar surface area (TPSA) is 127 Å². The number of benzene rings is 4. The number of nitrogens with one attached hydrogen (secondary N) is 1. The molecule has 0 aliphatic heterocycles. The Bertz CT molecular complexity index is 1980. The van der Waals surface area contributed by atoms with Crippen LogP contribution in [0.3, 0.4) is 0 Å². The molecule has 1 saturated carbocycles. The van der Waals surface area contributed by atoms with Gasteiger partial charge in [-0.2, -0.15) is 0 Å². The summed E-state index contributed by atoms with van der Waals surface area (Å²) in [5.41, 5.74) is 12.6. The second-order valence-electron chi connectivity index (χ2n) is 13.0. The molecular weight excluding hydrogens is 633 g/mol. The van der Waals surface area contributed by atoms with Gasteiger partial charge in [0.15, 0.2) is 0 Å². The highest BCUT2D eigenvalue weighted by Crippen LogP contribution is 2.34. The largest absolute Gasteiger partial charge is 0.478 e. The molecule has 4 N–H and O–H groups in total. The second-order valence-corrected chi connectivity index (χ2v) is 14.0. The van der Waals surface area contributed by atoms with Crippen LogP contribution in [0.15, 0.2) is 91.0 Å². The van der Waals surface area contributed by atoms with E-state index in [-0.39, 0.29) is 22.6 Å². The number of amides is 1. The minimum Gasteiger partial charge on any atom is -0.478 e. The SMILES string of the molecule is CCCc1nc2c(C)cc(C(=O)NC(CSC(=O)C3(N)CCC3)Cc3ccccc3)cc2n1Cc1ccc(-c2ccccc2C(=O)O)cc1. The van der Waals surface area contributed by atoms with Crippen molar-refractivity contribution in [3.8, 4) is 11.1 Å². The first kappa shape index (κ1) is 34.1. The van der Waals surface area contributed by atoms with E-state index < -0.39 is 11.5 Å². The Labute approximate surface area is 291 Å². The fraction of sp³-hybridized carbons (Fsp3) is 0.300. The molecule has 0 bridgehead atoms. The van der Waals surface area contributed by atoms with Gasteiger partial charge in [-0.3, -0.25) is 9.59 Å². The van der Waals surface area contributed by atoms with Gasteiger partial charge in [0, 0.05) is 30.3 Å². The average molecular weight is 675 g/mol. The quantitative estimate of drug-likeness (QED) is 0.121. The maximum absolute atomic E-state index is 13.9. The van der Waals surface area contributed by atoms with Gasteiger partial charge in [-0.05, 0) is 85.0 Å². The van der Waals surface area contributed by atoms with Crippen molar-refractivity contribution in [1.82, 2.24) is 14.9 Å². The van der Waals surface area contributed by atoms with Gasteiger partial charge >= 0.3 is 5.97 Å². The number of aromatic nitrogens is 2. The van der Waals surface area contributed by atoms with Crippen molar-refractivity contribution in [3.05, 3.63) is 125 Å². The average Bonchev–Trinajstić information content (AvgIpc) is 3.43. The molecule has 1 fully saturated rings. The van der Waals surface area contributed by atoms with Crippen molar-refractivity contribution in [1.29, 1.82) is 0 Å². The van der Waals surface area contributed by atoms with Crippen molar-refractivity contribution < 1.29 is 19.5 Å². The zero-order valence-electron chi connectivity index (χ0n) is 27.9. The first-order valence-corrected chi connectivity index (χ1v) is 17.9. The molecular formula is C40H42N4O4S. The van der Waals surface area contributed by atoms with E-state index in [2.05, 4.69) is 16.8 Å². The number of carboxylic acids is 1. The number of fused-ring (bicyclic) bond motifs is 1. The van der Waals surface area contributed by atoms with Crippen LogP contribution in [0.2, 0.25) is 0 Å². The first-order valence-electron chi connectivity index (χ1n) is 16.9. The molecule has 9 heteroatoms. The standard InChI is InChI=1S/C40H42N4O4S/c1-3-10-35-43-36-26(2)21-30(37(45)42-31(22-27-11-5-4-6-12-27)25-49-39(48)40(41)19-9-20-40)23-34(36)44(35)24-28-15-17-29(18-16-28)32-13-7-8-14-33(32)38(46)47/h4-8,11-18,21,23,31H,3,9-10,19-20,22,24-25,41H2,1-2H3,(H,42,45)(H,46,47). The highest BCUT2D eigenvalue weighted by molar-refractivity contribution is 8.13. The van der Waals surface area contributed by atoms with Crippen molar-refractivity contribution in [3.63, 3.8) is 0 Å². The number of carboxylic acid groups (broad SMARTS) is 1. The number of carbonyl (C=O) groups is 3. The molecule has 252 valence electrons. The van der Waals surface area contributed by atoms with E-state index in [1.54, 1.807) is 12.1 Å². The van der Waals surface area contributed by atoms with E-state index in [1.165, 1.54) is 11.8 Å². The molecule has 0 radical (unpaired) electrons. The van der Waals surface area contributed by atoms with Crippen LogP contribution < -0.4 is 11.1 Å². The Morgan fingerprint density at radius 2 is 1.69 bits per heavy atom. The lowest BCUT2D eigenvalue weighted by molar-refractivity contribution is -0.118. The Kier molecular flexibility index (Phi) is 10.3. The smallest absolute Gasteiger partial charge is 0.336 e. The van der Waals surface area contributed by atoms with Gasteiger partial charge in [0.05, 0.1) is 22.1 Å². The monoisotopic (exact) mass is 674 g/mol. The lowest BCUT2D eigenvalue weighted by Crippen LogP contribution is -2.52. The number of hydrogen-bond acceptors (Lipinski definition) is 6. The number of imidazole rings is 1. The number of aromatic carboxylic acids is 1. The molecule has 1 aliphatic carbocycles. The highest BCUT2D eigenvalue weighted by atomic mass is 32.2. The maximum Gasteiger partial charge on any atom is 0.336 e. The van der Waals surface area contributed by atoms with Crippen LogP contribution >= 0.6 is 11.8 Å². The fourth-order valence-corrected chi connectivity index (χ4v) is 7.50. The van der Waals surface area contributed by atoms with Crippen LogP contribution in [0.5, 0.6) is 0 Å². The number of nitrogens with two attached hydrogens (primary N) is 1. The maximum atomic E-state index is 13.9. The molecule has 0 spiro atoms. The summed E-state index contributed by atoms with van der Waals surface area (Å²) in [5.74, 6) is 0.226. The summed E-state index contributed by atoms with van der Waals surface area (Å²) in [5, 5.41) is 12.9. The number of thioether (sulfide) groups is 1. The van der Waals surface area contributed by atoms with Crippen molar-refractivity contribution >= 4 is 39.8 Å². The van der Waals surface area contributed by atoms with Crippen LogP contribution in [0.25, 0.3) is 22.2 Å². The molecule has 49 heavy (non-hydrogen) atoms. The van der Waals surface area contributed by atoms with Gasteiger partial charge in [-0.25, -0.2) is 9.78 Å². The molecule has 6 rings (SSSR count). The summed E-state index contributed by atoms with van der Waals surface area (Å²) in [4.78, 5) is 43.6. The molecule has 8 nitrogen and oxygen atoms in total. The zero-order valence-corrected chi connectivity index (χ0v) is 28.8. The summed E-state index contributed by atoms with van der Waals surface area (Å²) in [6.45, 7) is 4.65. The minimum absolute atomic E-state index is 0.00481. The lowest BCUT2D eigenvalue weighted by Gasteiger charge is -2.36. The highest BCUT2D eigenvalue weighted by Gasteiger charge is 2.40. The van der Waals surface area contributed by atoms with Crippen molar-refractivity contribution in [2.45, 2.75) is 70.5 Å². The first-order chi connectivity index (χ1) is 23.6. The van der Waals surface area contributed by atoms with E-state index >= 15 is 0 Å². The molecule has 0 saturated heterocycles. The van der Waals surface area contributed by atoms with Gasteiger partial charge < -0.3 is 20.7 Å². The summed E-state index contributed by atoms with van der Waals surface area (Å²) >= 11 is 1.22. The Morgan fingerprint density at radius 1 is 0.980 bits per heavy atom. The van der Waals surface area contributed by atoms with E-state index in [1.807, 2.05) is 85.8 Å². The molecule has 5 aromatic rings. The Morgan fingerprint density at radius 3 is 2.37 bits per heavy atom. The number of nitrogens with zero attached hydrogens (tertiary/aromatic N) is 2. The van der Waals surface area contributed by atoms with E-state index in [0.29, 0.717) is 42.7 Å². The number of hydrogen-bond donors (Lipinski definition) is 3. The summed E-state index contributed by atoms with van der Waals surface area (Å²) in [6.07, 6.45) is 4.69. The van der Waals surface area contributed by atoms with Crippen LogP contribution in [-0.4, -0.2) is 49.0 Å². The van der Waals surface area contributed by atoms with Crippen molar-refractivity contribution in [2.24, 2.45) is 5.73 Å². The summed E-state index contributed by atoms with van der Waals surface area (Å²) < 4.78 is 2.18. The predicted octanol–water partition coefficient (Wildman–Crippen LogP) is 7.19. The predicted molar refractivity (Wildman–Crippen MR) is 196 cm³/mol. The second kappa shape index (κ2) is 14.8. The van der Waals surface area contributed by atoms with Crippen LogP contribution in [0, 0.1) is 6.92 Å². The Balaban J connectivity index is 1.26. The summed E-state index contributed by atoms with van der Waals surface area (Å²) in [7, 11) is 0. The molecule has 1 aromatic heterocycles. The number of aryl methyl sites for hydroxylation is 2. The lowest BCUT2D eigenvalue weighted by atomic mass is 9.79. The third kappa shape index (κ3) is 7.63. The number of carbonyl (C=O) groups excluding carboxylic acids is 2. The van der Waals surface area contributed by atoms with Gasteiger partial charge in [0.25, 0.3) is 5.91 Å². The van der Waals surface area contributed by atoms with Crippen LogP contribution in [0.1, 0.15) is 75.8 Å². The zero-order chi connectivity index (χ0) is 34.5. The van der Waals surface area contributed by atoms with E-state index in [0.717, 1.165) is 58.4 Å². The van der Waals surface area contributed by atoms with Gasteiger partial charge in [-0.1, -0.05) is 91.5 Å². The summed E-state index contributed by atoms with van der Waals surface area (Å²) in [6, 6.07) is 28.5. The molecule has 1 unspecified atom stereocenters. The van der Waals surface area contributed by atoms with Crippen LogP contribution in [-0.2, 0) is 24.2 Å². The molecule has 4 aromatic carbocycles. The van der Waals surface area contributed by atoms with Gasteiger partial charge in [0.1, 0.15) is 5.82 Å². The number of rotatable bonds is 13. The molecule has 1 atom stereocenters. The third-order valence-corrected chi connectivity index (χ3v) is 10.6. The van der Waals surface area contributed by atoms with E-state index in [4.69, 9.17) is 10.7 Å². The molecule has 1 aliphatic rings. The minimum atomic E-state index is -0.958.